The van der Waals surface area contributed by atoms with Crippen molar-refractivity contribution in [1.29, 1.82) is 5.26 Å². The number of ether oxygens (including phenoxy) is 1. The molecule has 7 heteroatoms. The van der Waals surface area contributed by atoms with Crippen molar-refractivity contribution in [3.8, 4) is 23.5 Å². The number of hydrogen-bond acceptors (Lipinski definition) is 7. The van der Waals surface area contributed by atoms with Crippen LogP contribution in [-0.4, -0.2) is 27.4 Å². The molecule has 0 amide bonds. The molecule has 0 aromatic carbocycles. The van der Waals surface area contributed by atoms with Gasteiger partial charge in [0, 0.05) is 6.07 Å². The molecule has 2 atom stereocenters. The summed E-state index contributed by atoms with van der Waals surface area (Å²) in [7, 11) is 1.52. The number of methoxy groups -OCH3 is 1. The Morgan fingerprint density at radius 2 is 2.33 bits per heavy atom. The van der Waals surface area contributed by atoms with E-state index in [2.05, 4.69) is 26.4 Å². The van der Waals surface area contributed by atoms with E-state index in [-0.39, 0.29) is 11.8 Å². The number of nitriles is 1. The van der Waals surface area contributed by atoms with Crippen LogP contribution in [0.5, 0.6) is 5.88 Å². The van der Waals surface area contributed by atoms with Gasteiger partial charge in [-0.3, -0.25) is 0 Å². The van der Waals surface area contributed by atoms with Crippen LogP contribution >= 0.6 is 0 Å². The molecule has 0 spiro atoms. The molecular weight excluding hydrogens is 234 g/mol. The highest BCUT2D eigenvalue weighted by atomic mass is 16.5. The van der Waals surface area contributed by atoms with Crippen LogP contribution in [0.1, 0.15) is 18.2 Å². The Hall–Kier alpha value is -2.49. The third-order valence-electron chi connectivity index (χ3n) is 2.79. The molecule has 1 fully saturated rings. The highest BCUT2D eigenvalue weighted by Crippen LogP contribution is 2.46. The lowest BCUT2D eigenvalue weighted by Gasteiger charge is -1.96. The quantitative estimate of drug-likeness (QED) is 0.797. The van der Waals surface area contributed by atoms with Gasteiger partial charge in [0.1, 0.15) is 5.69 Å². The maximum atomic E-state index is 8.74. The molecule has 2 aromatic heterocycles. The molecule has 0 radical (unpaired) electrons. The number of nitrogens with zero attached hydrogens (tertiary/aromatic N) is 5. The zero-order chi connectivity index (χ0) is 12.5. The monoisotopic (exact) mass is 243 g/mol. The zero-order valence-corrected chi connectivity index (χ0v) is 9.57. The highest BCUT2D eigenvalue weighted by molar-refractivity contribution is 5.47. The van der Waals surface area contributed by atoms with Gasteiger partial charge in [0.2, 0.25) is 17.6 Å². The molecule has 90 valence electrons. The van der Waals surface area contributed by atoms with E-state index in [9.17, 15) is 0 Å². The third kappa shape index (κ3) is 1.78. The summed E-state index contributed by atoms with van der Waals surface area (Å²) in [5, 5.41) is 20.3. The zero-order valence-electron chi connectivity index (χ0n) is 9.57. The molecule has 7 nitrogen and oxygen atoms in total. The first kappa shape index (κ1) is 10.7. The smallest absolute Gasteiger partial charge is 0.233 e. The summed E-state index contributed by atoms with van der Waals surface area (Å²) < 4.78 is 10.0. The van der Waals surface area contributed by atoms with Gasteiger partial charge < -0.3 is 9.26 Å². The minimum Gasteiger partial charge on any atom is -0.480 e. The predicted octanol–water partition coefficient (Wildman–Crippen LogP) is 1.16. The Bertz CT molecular complexity index is 601. The summed E-state index contributed by atoms with van der Waals surface area (Å²) in [4.78, 5) is 4.22. The molecule has 3 rings (SSSR count). The Morgan fingerprint density at radius 3 is 2.94 bits per heavy atom. The first-order chi connectivity index (χ1) is 8.81. The van der Waals surface area contributed by atoms with Crippen LogP contribution in [-0.2, 0) is 0 Å². The minimum absolute atomic E-state index is 0.000233. The Kier molecular flexibility index (Phi) is 2.41. The second-order valence-corrected chi connectivity index (χ2v) is 3.99. The molecule has 0 bridgehead atoms. The van der Waals surface area contributed by atoms with Gasteiger partial charge in [-0.1, -0.05) is 5.16 Å². The van der Waals surface area contributed by atoms with Crippen LogP contribution in [0.15, 0.2) is 16.7 Å². The maximum Gasteiger partial charge on any atom is 0.233 e. The van der Waals surface area contributed by atoms with Gasteiger partial charge in [-0.05, 0) is 12.5 Å². The van der Waals surface area contributed by atoms with Gasteiger partial charge >= 0.3 is 0 Å². The number of aromatic nitrogens is 4. The molecule has 0 saturated heterocycles. The van der Waals surface area contributed by atoms with Crippen LogP contribution in [0.3, 0.4) is 0 Å². The van der Waals surface area contributed by atoms with Gasteiger partial charge in [-0.2, -0.15) is 10.2 Å². The maximum absolute atomic E-state index is 8.74. The van der Waals surface area contributed by atoms with Gasteiger partial charge in [0.15, 0.2) is 0 Å². The van der Waals surface area contributed by atoms with Crippen LogP contribution in [0, 0.1) is 17.2 Å². The molecule has 0 aliphatic heterocycles. The Balaban J connectivity index is 1.82. The summed E-state index contributed by atoms with van der Waals surface area (Å²) in [6, 6.07) is 5.56. The summed E-state index contributed by atoms with van der Waals surface area (Å²) >= 11 is 0. The standard InChI is InChI=1S/C11H9N5O2/c1-17-9-3-2-8(14-15-9)10-13-11(18-16-10)7-4-6(7)5-12/h2-3,6-7H,4H2,1H3. The fraction of sp³-hybridized carbons (Fsp3) is 0.364. The van der Waals surface area contributed by atoms with Gasteiger partial charge in [0.25, 0.3) is 0 Å². The minimum atomic E-state index is 0.000233. The van der Waals surface area contributed by atoms with Crippen LogP contribution in [0.2, 0.25) is 0 Å². The topological polar surface area (TPSA) is 97.7 Å². The lowest BCUT2D eigenvalue weighted by molar-refractivity contribution is 0.377. The molecule has 0 N–H and O–H groups in total. The van der Waals surface area contributed by atoms with Crippen molar-refractivity contribution in [2.45, 2.75) is 12.3 Å². The van der Waals surface area contributed by atoms with E-state index in [4.69, 9.17) is 14.5 Å². The van der Waals surface area contributed by atoms with E-state index in [1.807, 2.05) is 0 Å². The molecule has 1 aliphatic rings. The van der Waals surface area contributed by atoms with E-state index >= 15 is 0 Å². The van der Waals surface area contributed by atoms with E-state index in [1.54, 1.807) is 12.1 Å². The van der Waals surface area contributed by atoms with Crippen LogP contribution < -0.4 is 4.74 Å². The molecule has 1 saturated carbocycles. The lowest BCUT2D eigenvalue weighted by Crippen LogP contribution is -1.93. The summed E-state index contributed by atoms with van der Waals surface area (Å²) in [6.07, 6.45) is 0.784. The molecule has 1 aliphatic carbocycles. The van der Waals surface area contributed by atoms with Crippen molar-refractivity contribution < 1.29 is 9.26 Å². The predicted molar refractivity (Wildman–Crippen MR) is 58.3 cm³/mol. The van der Waals surface area contributed by atoms with Gasteiger partial charge in [-0.15, -0.1) is 10.2 Å². The summed E-state index contributed by atoms with van der Waals surface area (Å²) in [6.45, 7) is 0. The van der Waals surface area contributed by atoms with E-state index in [0.29, 0.717) is 23.3 Å². The van der Waals surface area contributed by atoms with E-state index < -0.39 is 0 Å². The Labute approximate surface area is 102 Å². The third-order valence-corrected chi connectivity index (χ3v) is 2.79. The number of rotatable bonds is 3. The molecule has 2 aromatic rings. The van der Waals surface area contributed by atoms with Crippen molar-refractivity contribution >= 4 is 0 Å². The average molecular weight is 243 g/mol. The normalized spacial score (nSPS) is 21.3. The molecule has 2 heterocycles. The second kappa shape index (κ2) is 4.07. The van der Waals surface area contributed by atoms with Crippen molar-refractivity contribution in [2.75, 3.05) is 7.11 Å². The largest absolute Gasteiger partial charge is 0.480 e. The average Bonchev–Trinajstić information content (AvgIpc) is 3.06. The van der Waals surface area contributed by atoms with Crippen molar-refractivity contribution in [1.82, 2.24) is 20.3 Å². The fourth-order valence-electron chi connectivity index (χ4n) is 1.65. The summed E-state index contributed by atoms with van der Waals surface area (Å²) in [5.74, 6) is 1.37. The van der Waals surface area contributed by atoms with E-state index in [1.165, 1.54) is 7.11 Å². The SMILES string of the molecule is COc1ccc(-c2noc(C3CC3C#N)n2)nn1. The lowest BCUT2D eigenvalue weighted by atomic mass is 10.3. The Morgan fingerprint density at radius 1 is 1.44 bits per heavy atom. The second-order valence-electron chi connectivity index (χ2n) is 3.99. The fourth-order valence-corrected chi connectivity index (χ4v) is 1.65. The highest BCUT2D eigenvalue weighted by Gasteiger charge is 2.43. The van der Waals surface area contributed by atoms with E-state index in [0.717, 1.165) is 6.42 Å². The molecule has 18 heavy (non-hydrogen) atoms. The van der Waals surface area contributed by atoms with Crippen LogP contribution in [0.4, 0.5) is 0 Å². The van der Waals surface area contributed by atoms with Crippen molar-refractivity contribution in [2.24, 2.45) is 5.92 Å². The van der Waals surface area contributed by atoms with Crippen LogP contribution in [0.25, 0.3) is 11.5 Å². The van der Waals surface area contributed by atoms with Crippen molar-refractivity contribution in [3.63, 3.8) is 0 Å². The first-order valence-corrected chi connectivity index (χ1v) is 5.43. The first-order valence-electron chi connectivity index (χ1n) is 5.43. The summed E-state index contributed by atoms with van der Waals surface area (Å²) in [5.41, 5.74) is 0.514. The number of hydrogen-bond donors (Lipinski definition) is 0. The van der Waals surface area contributed by atoms with Crippen molar-refractivity contribution in [3.05, 3.63) is 18.0 Å². The van der Waals surface area contributed by atoms with Gasteiger partial charge in [0.05, 0.1) is 25.0 Å². The molecular formula is C11H9N5O2. The van der Waals surface area contributed by atoms with Gasteiger partial charge in [-0.25, -0.2) is 0 Å². The molecule has 2 unspecified atom stereocenters.